The first-order chi connectivity index (χ1) is 9.20. The normalized spacial score (nSPS) is 10.7. The molecule has 7 heteroatoms. The highest BCUT2D eigenvalue weighted by Gasteiger charge is 2.01. The van der Waals surface area contributed by atoms with Crippen LogP contribution in [0.2, 0.25) is 0 Å². The predicted octanol–water partition coefficient (Wildman–Crippen LogP) is 0.840. The van der Waals surface area contributed by atoms with Gasteiger partial charge in [-0.25, -0.2) is 14.8 Å². The van der Waals surface area contributed by atoms with Gasteiger partial charge >= 0.3 is 5.69 Å². The lowest BCUT2D eigenvalue weighted by molar-refractivity contribution is 0.954. The number of anilines is 2. The largest absolute Gasteiger partial charge is 0.384 e. The molecule has 1 aromatic carbocycles. The number of hydrogen-bond acceptors (Lipinski definition) is 5. The lowest BCUT2D eigenvalue weighted by Crippen LogP contribution is -2.05. The van der Waals surface area contributed by atoms with Crippen molar-refractivity contribution >= 4 is 22.5 Å². The Bertz CT molecular complexity index is 775. The maximum Gasteiger partial charge on any atom is 0.323 e. The van der Waals surface area contributed by atoms with Gasteiger partial charge in [-0.1, -0.05) is 0 Å². The monoisotopic (exact) mass is 256 g/mol. The van der Waals surface area contributed by atoms with Crippen LogP contribution in [0.15, 0.2) is 35.3 Å². The van der Waals surface area contributed by atoms with E-state index in [4.69, 9.17) is 5.73 Å². The first-order valence-electron chi connectivity index (χ1n) is 5.74. The number of aromatic nitrogens is 4. The maximum absolute atomic E-state index is 11.2. The third-order valence-electron chi connectivity index (χ3n) is 2.69. The van der Waals surface area contributed by atoms with E-state index in [1.165, 1.54) is 0 Å². The zero-order valence-corrected chi connectivity index (χ0v) is 9.97. The van der Waals surface area contributed by atoms with Gasteiger partial charge in [0.1, 0.15) is 11.6 Å². The molecule has 2 aromatic heterocycles. The Balaban J connectivity index is 1.79. The number of aromatic amines is 2. The van der Waals surface area contributed by atoms with E-state index in [2.05, 4.69) is 25.3 Å². The molecule has 19 heavy (non-hydrogen) atoms. The van der Waals surface area contributed by atoms with Gasteiger partial charge in [0.25, 0.3) is 0 Å². The van der Waals surface area contributed by atoms with Crippen molar-refractivity contribution in [2.24, 2.45) is 0 Å². The van der Waals surface area contributed by atoms with Crippen LogP contribution < -0.4 is 16.7 Å². The van der Waals surface area contributed by atoms with Crippen molar-refractivity contribution in [3.05, 3.63) is 46.8 Å². The minimum atomic E-state index is -0.216. The molecule has 0 aliphatic carbocycles. The molecule has 0 spiro atoms. The number of rotatable bonds is 3. The van der Waals surface area contributed by atoms with Crippen molar-refractivity contribution < 1.29 is 0 Å². The fraction of sp³-hybridized carbons (Fsp3) is 0.0833. The van der Waals surface area contributed by atoms with Gasteiger partial charge in [-0.15, -0.1) is 0 Å². The highest BCUT2D eigenvalue weighted by Crippen LogP contribution is 2.14. The quantitative estimate of drug-likeness (QED) is 0.554. The molecule has 7 nitrogen and oxygen atoms in total. The number of benzene rings is 1. The maximum atomic E-state index is 11.2. The molecule has 0 saturated heterocycles. The van der Waals surface area contributed by atoms with Gasteiger partial charge in [-0.2, -0.15) is 0 Å². The molecule has 0 aliphatic rings. The van der Waals surface area contributed by atoms with E-state index in [0.717, 1.165) is 16.7 Å². The average Bonchev–Trinajstić information content (AvgIpc) is 2.75. The van der Waals surface area contributed by atoms with Crippen LogP contribution in [-0.4, -0.2) is 19.9 Å². The van der Waals surface area contributed by atoms with Crippen molar-refractivity contribution in [3.8, 4) is 0 Å². The fourth-order valence-corrected chi connectivity index (χ4v) is 1.82. The Labute approximate surface area is 107 Å². The second-order valence-corrected chi connectivity index (χ2v) is 4.09. The smallest absolute Gasteiger partial charge is 0.323 e. The Kier molecular flexibility index (Phi) is 2.64. The zero-order chi connectivity index (χ0) is 13.2. The van der Waals surface area contributed by atoms with E-state index in [9.17, 15) is 4.79 Å². The van der Waals surface area contributed by atoms with Gasteiger partial charge < -0.3 is 21.0 Å². The van der Waals surface area contributed by atoms with Crippen LogP contribution in [-0.2, 0) is 6.54 Å². The van der Waals surface area contributed by atoms with Crippen LogP contribution in [0.25, 0.3) is 11.0 Å². The van der Waals surface area contributed by atoms with Crippen molar-refractivity contribution in [2.75, 3.05) is 11.1 Å². The first-order valence-corrected chi connectivity index (χ1v) is 5.74. The number of fused-ring (bicyclic) bond motifs is 1. The fourth-order valence-electron chi connectivity index (χ4n) is 1.82. The predicted molar refractivity (Wildman–Crippen MR) is 72.7 cm³/mol. The molecular weight excluding hydrogens is 244 g/mol. The van der Waals surface area contributed by atoms with E-state index >= 15 is 0 Å². The van der Waals surface area contributed by atoms with E-state index in [0.29, 0.717) is 18.2 Å². The van der Waals surface area contributed by atoms with Gasteiger partial charge in [0, 0.05) is 11.9 Å². The van der Waals surface area contributed by atoms with Crippen LogP contribution in [0.1, 0.15) is 5.82 Å². The van der Waals surface area contributed by atoms with Crippen molar-refractivity contribution in [1.29, 1.82) is 0 Å². The SMILES string of the molecule is Nc1ccnc(CNc2ccc3[nH]c(=O)[nH]c3c2)n1. The zero-order valence-electron chi connectivity index (χ0n) is 9.97. The first kappa shape index (κ1) is 11.3. The summed E-state index contributed by atoms with van der Waals surface area (Å²) in [4.78, 5) is 24.7. The summed E-state index contributed by atoms with van der Waals surface area (Å²) in [5, 5.41) is 3.17. The summed E-state index contributed by atoms with van der Waals surface area (Å²) in [7, 11) is 0. The Morgan fingerprint density at radius 1 is 1.21 bits per heavy atom. The lowest BCUT2D eigenvalue weighted by atomic mass is 10.3. The third kappa shape index (κ3) is 2.39. The summed E-state index contributed by atoms with van der Waals surface area (Å²) in [5.41, 5.74) is 7.76. The van der Waals surface area contributed by atoms with Gasteiger partial charge in [0.05, 0.1) is 17.6 Å². The summed E-state index contributed by atoms with van der Waals surface area (Å²) < 4.78 is 0. The summed E-state index contributed by atoms with van der Waals surface area (Å²) in [5.74, 6) is 1.06. The minimum absolute atomic E-state index is 0.216. The standard InChI is InChI=1S/C12H12N6O/c13-10-3-4-14-11(18-10)6-15-7-1-2-8-9(5-7)17-12(19)16-8/h1-5,15H,6H2,(H2,13,14,18)(H2,16,17,19). The van der Waals surface area contributed by atoms with E-state index in [1.807, 2.05) is 18.2 Å². The summed E-state index contributed by atoms with van der Waals surface area (Å²) >= 11 is 0. The highest BCUT2D eigenvalue weighted by atomic mass is 16.1. The molecule has 3 rings (SSSR count). The third-order valence-corrected chi connectivity index (χ3v) is 2.69. The molecule has 3 aromatic rings. The van der Waals surface area contributed by atoms with Crippen LogP contribution in [0.3, 0.4) is 0 Å². The van der Waals surface area contributed by atoms with Gasteiger partial charge in [-0.05, 0) is 24.3 Å². The van der Waals surface area contributed by atoms with Crippen LogP contribution >= 0.6 is 0 Å². The average molecular weight is 256 g/mol. The molecule has 0 unspecified atom stereocenters. The lowest BCUT2D eigenvalue weighted by Gasteiger charge is -2.05. The van der Waals surface area contributed by atoms with Gasteiger partial charge in [-0.3, -0.25) is 0 Å². The molecule has 0 amide bonds. The number of nitrogens with two attached hydrogens (primary N) is 1. The summed E-state index contributed by atoms with van der Waals surface area (Å²) in [6.07, 6.45) is 1.62. The highest BCUT2D eigenvalue weighted by molar-refractivity contribution is 5.78. The molecule has 2 heterocycles. The second-order valence-electron chi connectivity index (χ2n) is 4.09. The second kappa shape index (κ2) is 4.45. The van der Waals surface area contributed by atoms with E-state index in [-0.39, 0.29) is 5.69 Å². The number of H-pyrrole nitrogens is 2. The molecule has 0 saturated carbocycles. The van der Waals surface area contributed by atoms with Crippen molar-refractivity contribution in [1.82, 2.24) is 19.9 Å². The molecule has 0 bridgehead atoms. The van der Waals surface area contributed by atoms with Crippen LogP contribution in [0.4, 0.5) is 11.5 Å². The van der Waals surface area contributed by atoms with E-state index < -0.39 is 0 Å². The number of nitrogens with one attached hydrogen (secondary N) is 3. The molecule has 5 N–H and O–H groups in total. The van der Waals surface area contributed by atoms with Crippen molar-refractivity contribution in [2.45, 2.75) is 6.54 Å². The Hall–Kier alpha value is -2.83. The van der Waals surface area contributed by atoms with Crippen molar-refractivity contribution in [3.63, 3.8) is 0 Å². The van der Waals surface area contributed by atoms with Gasteiger partial charge in [0.2, 0.25) is 0 Å². The molecule has 0 fully saturated rings. The molecule has 0 aliphatic heterocycles. The molecular formula is C12H12N6O. The topological polar surface area (TPSA) is 112 Å². The minimum Gasteiger partial charge on any atom is -0.384 e. The van der Waals surface area contributed by atoms with Crippen LogP contribution in [0.5, 0.6) is 0 Å². The number of imidazole rings is 1. The molecule has 0 atom stereocenters. The Morgan fingerprint density at radius 3 is 2.89 bits per heavy atom. The number of nitrogen functional groups attached to an aromatic ring is 1. The number of hydrogen-bond donors (Lipinski definition) is 4. The van der Waals surface area contributed by atoms with Crippen LogP contribution in [0, 0.1) is 0 Å². The summed E-state index contributed by atoms with van der Waals surface area (Å²) in [6, 6.07) is 7.19. The number of nitrogens with zero attached hydrogens (tertiary/aromatic N) is 2. The molecule has 96 valence electrons. The van der Waals surface area contributed by atoms with E-state index in [1.54, 1.807) is 12.3 Å². The Morgan fingerprint density at radius 2 is 2.05 bits per heavy atom. The molecule has 0 radical (unpaired) electrons. The summed E-state index contributed by atoms with van der Waals surface area (Å²) in [6.45, 7) is 0.463. The van der Waals surface area contributed by atoms with Gasteiger partial charge in [0.15, 0.2) is 0 Å².